The summed E-state index contributed by atoms with van der Waals surface area (Å²) in [6, 6.07) is 15.8. The molecule has 0 saturated heterocycles. The molecule has 36 heavy (non-hydrogen) atoms. The zero-order valence-corrected chi connectivity index (χ0v) is 19.8. The molecule has 9 heteroatoms. The lowest BCUT2D eigenvalue weighted by Crippen LogP contribution is -2.33. The van der Waals surface area contributed by atoms with E-state index in [1.165, 1.54) is 19.3 Å². The van der Waals surface area contributed by atoms with Crippen molar-refractivity contribution in [3.05, 3.63) is 94.3 Å². The molecule has 0 radical (unpaired) electrons. The van der Waals surface area contributed by atoms with Gasteiger partial charge in [0.2, 0.25) is 5.91 Å². The molecule has 0 bridgehead atoms. The van der Waals surface area contributed by atoms with Crippen LogP contribution in [0.3, 0.4) is 0 Å². The van der Waals surface area contributed by atoms with Crippen LogP contribution in [0.15, 0.2) is 71.8 Å². The Morgan fingerprint density at radius 1 is 1.08 bits per heavy atom. The van der Waals surface area contributed by atoms with Crippen LogP contribution < -0.4 is 21.9 Å². The van der Waals surface area contributed by atoms with Crippen molar-refractivity contribution in [2.45, 2.75) is 19.9 Å². The molecular formula is C27H24N6O3. The molecule has 0 aliphatic carbocycles. The molecule has 180 valence electrons. The molecule has 4 rings (SSSR count). The SMILES string of the molecule is CC(=O)NCC#Cc1cccc2cc([C@H](C)NC(=O)c3nccnc3N)n(-c3ccccc3)c(=O)c12. The molecule has 2 amide bonds. The Morgan fingerprint density at radius 3 is 2.56 bits per heavy atom. The number of nitrogens with two attached hydrogens (primary N) is 1. The van der Waals surface area contributed by atoms with Gasteiger partial charge in [-0.05, 0) is 36.6 Å². The summed E-state index contributed by atoms with van der Waals surface area (Å²) < 4.78 is 1.56. The van der Waals surface area contributed by atoms with Gasteiger partial charge in [0.05, 0.1) is 18.0 Å². The monoisotopic (exact) mass is 480 g/mol. The van der Waals surface area contributed by atoms with E-state index in [0.29, 0.717) is 27.7 Å². The highest BCUT2D eigenvalue weighted by Gasteiger charge is 2.21. The van der Waals surface area contributed by atoms with Crippen molar-refractivity contribution in [2.24, 2.45) is 0 Å². The van der Waals surface area contributed by atoms with Gasteiger partial charge in [-0.2, -0.15) is 0 Å². The van der Waals surface area contributed by atoms with E-state index < -0.39 is 11.9 Å². The predicted molar refractivity (Wildman–Crippen MR) is 137 cm³/mol. The number of anilines is 1. The fourth-order valence-corrected chi connectivity index (χ4v) is 3.82. The summed E-state index contributed by atoms with van der Waals surface area (Å²) in [5, 5.41) is 6.61. The van der Waals surface area contributed by atoms with Gasteiger partial charge >= 0.3 is 0 Å². The number of nitrogens with zero attached hydrogens (tertiary/aromatic N) is 3. The van der Waals surface area contributed by atoms with Gasteiger partial charge in [0, 0.05) is 36.3 Å². The van der Waals surface area contributed by atoms with E-state index in [4.69, 9.17) is 5.73 Å². The minimum Gasteiger partial charge on any atom is -0.382 e. The van der Waals surface area contributed by atoms with Crippen LogP contribution in [0.5, 0.6) is 0 Å². The maximum absolute atomic E-state index is 13.9. The zero-order valence-electron chi connectivity index (χ0n) is 19.8. The zero-order chi connectivity index (χ0) is 25.7. The molecule has 2 aromatic carbocycles. The van der Waals surface area contributed by atoms with E-state index in [0.717, 1.165) is 0 Å². The Morgan fingerprint density at radius 2 is 1.83 bits per heavy atom. The molecule has 0 aliphatic heterocycles. The lowest BCUT2D eigenvalue weighted by Gasteiger charge is -2.21. The molecule has 0 aliphatic rings. The van der Waals surface area contributed by atoms with Crippen LogP contribution in [-0.4, -0.2) is 32.9 Å². The third-order valence-electron chi connectivity index (χ3n) is 5.47. The molecule has 0 saturated carbocycles. The smallest absolute Gasteiger partial charge is 0.274 e. The first-order chi connectivity index (χ1) is 17.4. The molecule has 0 fully saturated rings. The third kappa shape index (κ3) is 5.08. The van der Waals surface area contributed by atoms with E-state index in [9.17, 15) is 14.4 Å². The van der Waals surface area contributed by atoms with Crippen molar-refractivity contribution < 1.29 is 9.59 Å². The molecule has 2 aromatic heterocycles. The topological polar surface area (TPSA) is 132 Å². The van der Waals surface area contributed by atoms with E-state index in [2.05, 4.69) is 32.4 Å². The molecule has 0 unspecified atom stereocenters. The summed E-state index contributed by atoms with van der Waals surface area (Å²) in [5.74, 6) is 5.21. The number of nitrogens with one attached hydrogen (secondary N) is 2. The number of carbonyl (C=O) groups is 2. The van der Waals surface area contributed by atoms with Gasteiger partial charge in [-0.1, -0.05) is 42.2 Å². The number of hydrogen-bond acceptors (Lipinski definition) is 6. The summed E-state index contributed by atoms with van der Waals surface area (Å²) in [7, 11) is 0. The highest BCUT2D eigenvalue weighted by Crippen LogP contribution is 2.23. The number of fused-ring (bicyclic) bond motifs is 1. The minimum atomic E-state index is -0.578. The Kier molecular flexibility index (Phi) is 7.07. The lowest BCUT2D eigenvalue weighted by molar-refractivity contribution is -0.118. The van der Waals surface area contributed by atoms with Crippen LogP contribution in [-0.2, 0) is 4.79 Å². The second kappa shape index (κ2) is 10.5. The van der Waals surface area contributed by atoms with Gasteiger partial charge in [-0.15, -0.1) is 0 Å². The van der Waals surface area contributed by atoms with Gasteiger partial charge in [0.1, 0.15) is 0 Å². The van der Waals surface area contributed by atoms with Crippen molar-refractivity contribution in [3.8, 4) is 17.5 Å². The summed E-state index contributed by atoms with van der Waals surface area (Å²) in [6.07, 6.45) is 2.79. The summed E-state index contributed by atoms with van der Waals surface area (Å²) in [4.78, 5) is 45.8. The number of carbonyl (C=O) groups excluding carboxylic acids is 2. The number of rotatable bonds is 5. The normalized spacial score (nSPS) is 11.3. The van der Waals surface area contributed by atoms with Crippen molar-refractivity contribution in [1.29, 1.82) is 0 Å². The first-order valence-electron chi connectivity index (χ1n) is 11.2. The summed E-state index contributed by atoms with van der Waals surface area (Å²) >= 11 is 0. The highest BCUT2D eigenvalue weighted by molar-refractivity contribution is 5.96. The number of nitrogen functional groups attached to an aromatic ring is 1. The Balaban J connectivity index is 1.84. The fourth-order valence-electron chi connectivity index (χ4n) is 3.82. The average Bonchev–Trinajstić information content (AvgIpc) is 2.87. The molecule has 1 atom stereocenters. The van der Waals surface area contributed by atoms with Crippen LogP contribution in [0.4, 0.5) is 5.82 Å². The van der Waals surface area contributed by atoms with Crippen molar-refractivity contribution in [1.82, 2.24) is 25.2 Å². The maximum atomic E-state index is 13.9. The number of pyridine rings is 1. The highest BCUT2D eigenvalue weighted by atomic mass is 16.2. The van der Waals surface area contributed by atoms with Gasteiger partial charge < -0.3 is 16.4 Å². The second-order valence-corrected chi connectivity index (χ2v) is 8.01. The van der Waals surface area contributed by atoms with E-state index >= 15 is 0 Å². The Hall–Kier alpha value is -4.97. The number of para-hydroxylation sites is 1. The quantitative estimate of drug-likeness (QED) is 0.376. The van der Waals surface area contributed by atoms with Gasteiger partial charge in [0.25, 0.3) is 11.5 Å². The molecule has 0 spiro atoms. The summed E-state index contributed by atoms with van der Waals surface area (Å²) in [6.45, 7) is 3.37. The molecular weight excluding hydrogens is 456 g/mol. The van der Waals surface area contributed by atoms with E-state index in [1.54, 1.807) is 17.6 Å². The van der Waals surface area contributed by atoms with Crippen LogP contribution in [0.2, 0.25) is 0 Å². The molecule has 2 heterocycles. The third-order valence-corrected chi connectivity index (χ3v) is 5.47. The number of amides is 2. The van der Waals surface area contributed by atoms with Crippen molar-refractivity contribution in [2.75, 3.05) is 12.3 Å². The standard InChI is InChI=1S/C27H24N6O3/c1-17(32-26(35)24-25(28)31-15-14-30-24)22-16-20-9-6-8-19(10-7-13-29-18(2)34)23(20)27(36)33(22)21-11-4-3-5-12-21/h3-6,8-9,11-12,14-17H,13H2,1-2H3,(H2,28,31)(H,29,34)(H,32,35)/t17-/m0/s1. The lowest BCUT2D eigenvalue weighted by atomic mass is 10.0. The van der Waals surface area contributed by atoms with Crippen LogP contribution in [0, 0.1) is 11.8 Å². The van der Waals surface area contributed by atoms with E-state index in [-0.39, 0.29) is 29.5 Å². The van der Waals surface area contributed by atoms with Crippen LogP contribution in [0.25, 0.3) is 16.5 Å². The largest absolute Gasteiger partial charge is 0.382 e. The van der Waals surface area contributed by atoms with Crippen LogP contribution >= 0.6 is 0 Å². The number of aromatic nitrogens is 3. The predicted octanol–water partition coefficient (Wildman–Crippen LogP) is 2.34. The molecule has 4 N–H and O–H groups in total. The molecule has 9 nitrogen and oxygen atoms in total. The van der Waals surface area contributed by atoms with E-state index in [1.807, 2.05) is 48.5 Å². The second-order valence-electron chi connectivity index (χ2n) is 8.01. The first kappa shape index (κ1) is 24.2. The van der Waals surface area contributed by atoms with Crippen LogP contribution in [0.1, 0.15) is 41.6 Å². The Labute approximate surface area is 207 Å². The fraction of sp³-hybridized carbons (Fsp3) is 0.148. The summed E-state index contributed by atoms with van der Waals surface area (Å²) in [5.41, 5.74) is 7.29. The van der Waals surface area contributed by atoms with Gasteiger partial charge in [-0.25, -0.2) is 9.97 Å². The van der Waals surface area contributed by atoms with Crippen molar-refractivity contribution >= 4 is 28.4 Å². The Bertz CT molecular complexity index is 1570. The molecule has 4 aromatic rings. The van der Waals surface area contributed by atoms with Crippen molar-refractivity contribution in [3.63, 3.8) is 0 Å². The van der Waals surface area contributed by atoms with Gasteiger partial charge in [-0.3, -0.25) is 19.0 Å². The maximum Gasteiger partial charge on any atom is 0.274 e. The minimum absolute atomic E-state index is 0.00970. The number of hydrogen-bond donors (Lipinski definition) is 3. The average molecular weight is 481 g/mol. The first-order valence-corrected chi connectivity index (χ1v) is 11.2. The van der Waals surface area contributed by atoms with Gasteiger partial charge in [0.15, 0.2) is 11.5 Å². The number of benzene rings is 2.